The molecule has 1 aromatic rings. The van der Waals surface area contributed by atoms with Gasteiger partial charge in [0.25, 0.3) is 0 Å². The lowest BCUT2D eigenvalue weighted by atomic mass is 10.0. The highest BCUT2D eigenvalue weighted by Gasteiger charge is 2.09. The number of aliphatic hydroxyl groups is 1. The summed E-state index contributed by atoms with van der Waals surface area (Å²) in [5, 5.41) is 12.2. The fraction of sp³-hybridized carbons (Fsp3) is 0.750. The Balaban J connectivity index is 2.59. The van der Waals surface area contributed by atoms with Crippen molar-refractivity contribution in [1.82, 2.24) is 15.0 Å². The van der Waals surface area contributed by atoms with E-state index < -0.39 is 0 Å². The Morgan fingerprint density at radius 1 is 1.32 bits per heavy atom. The predicted octanol–water partition coefficient (Wildman–Crippen LogP) is 2.13. The summed E-state index contributed by atoms with van der Waals surface area (Å²) in [5.41, 5.74) is 0. The highest BCUT2D eigenvalue weighted by molar-refractivity contribution is 6.28. The van der Waals surface area contributed by atoms with Gasteiger partial charge >= 0.3 is 6.01 Å². The van der Waals surface area contributed by atoms with Crippen LogP contribution in [0.25, 0.3) is 0 Å². The van der Waals surface area contributed by atoms with Gasteiger partial charge in [-0.05, 0) is 30.4 Å². The lowest BCUT2D eigenvalue weighted by Crippen LogP contribution is -2.17. The second-order valence-corrected chi connectivity index (χ2v) is 4.56. The molecule has 0 aliphatic rings. The van der Waals surface area contributed by atoms with Crippen molar-refractivity contribution in [2.24, 2.45) is 5.92 Å². The molecule has 0 aliphatic heterocycles. The fourth-order valence-electron chi connectivity index (χ4n) is 1.54. The maximum Gasteiger partial charge on any atom is 0.322 e. The smallest absolute Gasteiger partial charge is 0.322 e. The van der Waals surface area contributed by atoms with Crippen molar-refractivity contribution >= 4 is 17.5 Å². The number of hydrogen-bond acceptors (Lipinski definition) is 6. The predicted molar refractivity (Wildman–Crippen MR) is 74.6 cm³/mol. The first-order chi connectivity index (χ1) is 9.19. The summed E-state index contributed by atoms with van der Waals surface area (Å²) in [6.07, 6.45) is 2.60. The van der Waals surface area contributed by atoms with E-state index in [1.165, 1.54) is 0 Å². The zero-order chi connectivity index (χ0) is 14.1. The zero-order valence-corrected chi connectivity index (χ0v) is 12.2. The molecule has 0 bridgehead atoms. The number of ether oxygens (including phenoxy) is 1. The van der Waals surface area contributed by atoms with E-state index in [0.29, 0.717) is 25.0 Å². The van der Waals surface area contributed by atoms with Gasteiger partial charge in [-0.25, -0.2) is 0 Å². The van der Waals surface area contributed by atoms with Gasteiger partial charge in [-0.15, -0.1) is 0 Å². The van der Waals surface area contributed by atoms with Crippen LogP contribution >= 0.6 is 11.6 Å². The summed E-state index contributed by atoms with van der Waals surface area (Å²) in [7, 11) is 0. The van der Waals surface area contributed by atoms with E-state index in [0.717, 1.165) is 19.3 Å². The van der Waals surface area contributed by atoms with Gasteiger partial charge in [0.15, 0.2) is 0 Å². The van der Waals surface area contributed by atoms with Gasteiger partial charge in [0.1, 0.15) is 0 Å². The molecule has 2 N–H and O–H groups in total. The van der Waals surface area contributed by atoms with Crippen LogP contribution in [-0.4, -0.2) is 39.8 Å². The van der Waals surface area contributed by atoms with Crippen molar-refractivity contribution in [2.45, 2.75) is 33.1 Å². The molecule has 1 atom stereocenters. The fourth-order valence-corrected chi connectivity index (χ4v) is 1.69. The van der Waals surface area contributed by atoms with Crippen molar-refractivity contribution in [3.8, 4) is 6.01 Å². The monoisotopic (exact) mass is 288 g/mol. The highest BCUT2D eigenvalue weighted by Crippen LogP contribution is 2.13. The number of hydrogen-bond donors (Lipinski definition) is 2. The van der Waals surface area contributed by atoms with E-state index in [9.17, 15) is 0 Å². The summed E-state index contributed by atoms with van der Waals surface area (Å²) in [6, 6.07) is 0.236. The minimum absolute atomic E-state index is 0.110. The summed E-state index contributed by atoms with van der Waals surface area (Å²) in [4.78, 5) is 12.0. The van der Waals surface area contributed by atoms with Gasteiger partial charge in [0.2, 0.25) is 11.2 Å². The summed E-state index contributed by atoms with van der Waals surface area (Å²) >= 11 is 5.82. The van der Waals surface area contributed by atoms with Crippen molar-refractivity contribution in [1.29, 1.82) is 0 Å². The van der Waals surface area contributed by atoms with Crippen molar-refractivity contribution in [3.63, 3.8) is 0 Å². The van der Waals surface area contributed by atoms with Crippen LogP contribution in [-0.2, 0) is 0 Å². The Hall–Kier alpha value is -1.14. The average molecular weight is 289 g/mol. The van der Waals surface area contributed by atoms with Crippen LogP contribution in [0.2, 0.25) is 5.28 Å². The van der Waals surface area contributed by atoms with Gasteiger partial charge in [-0.3, -0.25) is 0 Å². The van der Waals surface area contributed by atoms with E-state index in [4.69, 9.17) is 21.4 Å². The first-order valence-electron chi connectivity index (χ1n) is 6.58. The van der Waals surface area contributed by atoms with E-state index in [1.807, 2.05) is 6.92 Å². The molecule has 0 radical (unpaired) electrons. The number of anilines is 1. The minimum atomic E-state index is 0.110. The Morgan fingerprint density at radius 3 is 2.74 bits per heavy atom. The van der Waals surface area contributed by atoms with Crippen LogP contribution in [0.5, 0.6) is 6.01 Å². The van der Waals surface area contributed by atoms with Gasteiger partial charge in [0, 0.05) is 13.2 Å². The van der Waals surface area contributed by atoms with Crippen molar-refractivity contribution < 1.29 is 9.84 Å². The van der Waals surface area contributed by atoms with Crippen LogP contribution in [0.3, 0.4) is 0 Å². The molecule has 1 unspecified atom stereocenters. The molecule has 0 aliphatic carbocycles. The number of halogens is 1. The van der Waals surface area contributed by atoms with E-state index in [1.54, 1.807) is 0 Å². The molecule has 7 heteroatoms. The molecule has 108 valence electrons. The topological polar surface area (TPSA) is 80.2 Å². The zero-order valence-electron chi connectivity index (χ0n) is 11.4. The van der Waals surface area contributed by atoms with Crippen LogP contribution in [0, 0.1) is 5.92 Å². The van der Waals surface area contributed by atoms with E-state index in [2.05, 4.69) is 27.2 Å². The number of rotatable bonds is 9. The van der Waals surface area contributed by atoms with Crippen LogP contribution in [0.1, 0.15) is 33.1 Å². The standard InChI is InChI=1S/C12H21ClN4O2/c1-3-7-19-12-16-10(13)15-11(17-12)14-8-9(4-2)5-6-18/h9,18H,3-8H2,1-2H3,(H,14,15,16,17). The second-order valence-electron chi connectivity index (χ2n) is 4.23. The number of aliphatic hydroxyl groups excluding tert-OH is 1. The van der Waals surface area contributed by atoms with Gasteiger partial charge in [-0.1, -0.05) is 20.3 Å². The van der Waals surface area contributed by atoms with E-state index in [-0.39, 0.29) is 17.9 Å². The minimum Gasteiger partial charge on any atom is -0.463 e. The summed E-state index contributed by atoms with van der Waals surface area (Å²) in [6.45, 7) is 5.50. The molecule has 0 amide bonds. The van der Waals surface area contributed by atoms with Crippen molar-refractivity contribution in [3.05, 3.63) is 5.28 Å². The Bertz CT molecular complexity index is 379. The molecule has 0 spiro atoms. The number of nitrogens with one attached hydrogen (secondary N) is 1. The quantitative estimate of drug-likeness (QED) is 0.725. The lowest BCUT2D eigenvalue weighted by Gasteiger charge is -2.14. The molecule has 1 heterocycles. The van der Waals surface area contributed by atoms with Crippen LogP contribution in [0.4, 0.5) is 5.95 Å². The highest BCUT2D eigenvalue weighted by atomic mass is 35.5. The third-order valence-corrected chi connectivity index (χ3v) is 2.86. The average Bonchev–Trinajstić information content (AvgIpc) is 2.40. The van der Waals surface area contributed by atoms with E-state index >= 15 is 0 Å². The maximum atomic E-state index is 8.94. The third kappa shape index (κ3) is 6.02. The van der Waals surface area contributed by atoms with Crippen LogP contribution in [0.15, 0.2) is 0 Å². The molecule has 0 aromatic carbocycles. The molecule has 0 fully saturated rings. The molecule has 19 heavy (non-hydrogen) atoms. The Labute approximate surface area is 118 Å². The molecule has 0 saturated carbocycles. The van der Waals surface area contributed by atoms with Crippen molar-refractivity contribution in [2.75, 3.05) is 25.1 Å². The molecule has 1 aromatic heterocycles. The first-order valence-corrected chi connectivity index (χ1v) is 6.96. The number of aromatic nitrogens is 3. The normalized spacial score (nSPS) is 12.2. The Kier molecular flexibility index (Phi) is 7.43. The molecular weight excluding hydrogens is 268 g/mol. The summed E-state index contributed by atoms with van der Waals surface area (Å²) in [5.74, 6) is 0.781. The second kappa shape index (κ2) is 8.87. The molecule has 1 rings (SSSR count). The molecule has 0 saturated heterocycles. The van der Waals surface area contributed by atoms with Crippen LogP contribution < -0.4 is 10.1 Å². The Morgan fingerprint density at radius 2 is 2.11 bits per heavy atom. The van der Waals surface area contributed by atoms with Gasteiger partial charge < -0.3 is 15.2 Å². The first kappa shape index (κ1) is 15.9. The third-order valence-electron chi connectivity index (χ3n) is 2.69. The summed E-state index contributed by atoms with van der Waals surface area (Å²) < 4.78 is 5.33. The number of nitrogens with zero attached hydrogens (tertiary/aromatic N) is 3. The largest absolute Gasteiger partial charge is 0.463 e. The molecular formula is C12H21ClN4O2. The van der Waals surface area contributed by atoms with Gasteiger partial charge in [0.05, 0.1) is 6.61 Å². The van der Waals surface area contributed by atoms with Gasteiger partial charge in [-0.2, -0.15) is 15.0 Å². The molecule has 6 nitrogen and oxygen atoms in total. The SMILES string of the molecule is CCCOc1nc(Cl)nc(NCC(CC)CCO)n1. The lowest BCUT2D eigenvalue weighted by molar-refractivity contribution is 0.258. The maximum absolute atomic E-state index is 8.94.